The molecule has 128 valence electrons. The van der Waals surface area contributed by atoms with Gasteiger partial charge in [0.2, 0.25) is 0 Å². The molecule has 6 heteroatoms. The van der Waals surface area contributed by atoms with Crippen molar-refractivity contribution in [1.29, 1.82) is 0 Å². The van der Waals surface area contributed by atoms with Crippen molar-refractivity contribution in [3.8, 4) is 0 Å². The van der Waals surface area contributed by atoms with Crippen LogP contribution in [0.2, 0.25) is 0 Å². The van der Waals surface area contributed by atoms with E-state index in [0.29, 0.717) is 6.61 Å². The highest BCUT2D eigenvalue weighted by Crippen LogP contribution is 2.34. The zero-order valence-corrected chi connectivity index (χ0v) is 13.9. The summed E-state index contributed by atoms with van der Waals surface area (Å²) in [7, 11) is 0. The van der Waals surface area contributed by atoms with E-state index in [1.54, 1.807) is 0 Å². The highest BCUT2D eigenvalue weighted by molar-refractivity contribution is 5.10. The predicted molar refractivity (Wildman–Crippen MR) is 89.4 cm³/mol. The van der Waals surface area contributed by atoms with E-state index in [-0.39, 0.29) is 11.7 Å². The largest absolute Gasteiger partial charge is 0.377 e. The van der Waals surface area contributed by atoms with Gasteiger partial charge < -0.3 is 9.47 Å². The third-order valence-electron chi connectivity index (χ3n) is 4.87. The van der Waals surface area contributed by atoms with Crippen molar-refractivity contribution in [3.63, 3.8) is 0 Å². The van der Waals surface area contributed by atoms with Gasteiger partial charge in [-0.2, -0.15) is 5.10 Å². The molecule has 0 aromatic carbocycles. The fourth-order valence-corrected chi connectivity index (χ4v) is 3.73. The number of aromatic nitrogens is 3. The van der Waals surface area contributed by atoms with E-state index in [1.807, 2.05) is 35.5 Å². The molecule has 2 fully saturated rings. The van der Waals surface area contributed by atoms with Crippen LogP contribution in [0.3, 0.4) is 0 Å². The summed E-state index contributed by atoms with van der Waals surface area (Å²) >= 11 is 0. The molecule has 2 aliphatic rings. The van der Waals surface area contributed by atoms with Crippen molar-refractivity contribution < 1.29 is 9.47 Å². The first-order valence-electron chi connectivity index (χ1n) is 8.66. The number of hydrogen-bond donors (Lipinski definition) is 0. The maximum Gasteiger partial charge on any atom is 0.105 e. The van der Waals surface area contributed by atoms with Crippen molar-refractivity contribution in [2.45, 2.75) is 37.6 Å². The molecule has 24 heavy (non-hydrogen) atoms. The van der Waals surface area contributed by atoms with Crippen LogP contribution < -0.4 is 0 Å². The first-order valence-corrected chi connectivity index (χ1v) is 8.66. The van der Waals surface area contributed by atoms with Gasteiger partial charge in [-0.05, 0) is 36.6 Å². The van der Waals surface area contributed by atoms with Gasteiger partial charge in [0.05, 0.1) is 25.9 Å². The molecule has 2 aromatic heterocycles. The minimum Gasteiger partial charge on any atom is -0.377 e. The molecule has 1 spiro atoms. The van der Waals surface area contributed by atoms with Gasteiger partial charge >= 0.3 is 0 Å². The summed E-state index contributed by atoms with van der Waals surface area (Å²) < 4.78 is 14.3. The lowest BCUT2D eigenvalue weighted by Gasteiger charge is -2.32. The van der Waals surface area contributed by atoms with Gasteiger partial charge in [0.15, 0.2) is 0 Å². The van der Waals surface area contributed by atoms with Gasteiger partial charge in [-0.25, -0.2) is 0 Å². The second-order valence-corrected chi connectivity index (χ2v) is 6.81. The van der Waals surface area contributed by atoms with E-state index >= 15 is 0 Å². The van der Waals surface area contributed by atoms with Crippen LogP contribution in [0.1, 0.15) is 18.4 Å². The lowest BCUT2D eigenvalue weighted by Crippen LogP contribution is -2.44. The third kappa shape index (κ3) is 3.66. The highest BCUT2D eigenvalue weighted by Gasteiger charge is 2.43. The number of rotatable bonds is 4. The molecule has 2 atom stereocenters. The zero-order chi connectivity index (χ0) is 16.2. The summed E-state index contributed by atoms with van der Waals surface area (Å²) in [6.45, 7) is 5.05. The Morgan fingerprint density at radius 3 is 3.00 bits per heavy atom. The van der Waals surface area contributed by atoms with Crippen molar-refractivity contribution in [2.75, 3.05) is 26.3 Å². The topological polar surface area (TPSA) is 52.4 Å². The Morgan fingerprint density at radius 1 is 1.25 bits per heavy atom. The van der Waals surface area contributed by atoms with Crippen LogP contribution in [0.15, 0.2) is 43.0 Å². The minimum atomic E-state index is -0.179. The number of nitrogens with zero attached hydrogens (tertiary/aromatic N) is 4. The Morgan fingerprint density at radius 2 is 2.17 bits per heavy atom. The van der Waals surface area contributed by atoms with Crippen LogP contribution in [0, 0.1) is 0 Å². The Bertz CT molecular complexity index is 634. The first-order chi connectivity index (χ1) is 11.8. The van der Waals surface area contributed by atoms with E-state index in [0.717, 1.165) is 45.6 Å². The molecule has 4 rings (SSSR count). The normalized spacial score (nSPS) is 28.2. The molecule has 0 saturated carbocycles. The lowest BCUT2D eigenvalue weighted by molar-refractivity contribution is -0.0904. The molecule has 2 aromatic rings. The van der Waals surface area contributed by atoms with Crippen LogP contribution in [0.5, 0.6) is 0 Å². The summed E-state index contributed by atoms with van der Waals surface area (Å²) in [6, 6.07) is 6.11. The maximum atomic E-state index is 6.47. The second-order valence-electron chi connectivity index (χ2n) is 6.81. The van der Waals surface area contributed by atoms with E-state index < -0.39 is 0 Å². The SMILES string of the molecule is c1cnn(C[C@H]2CC[C@]3(COCCN(Cc4ccncc4)C3)O2)c1. The maximum absolute atomic E-state index is 6.47. The molecule has 0 N–H and O–H groups in total. The molecule has 0 amide bonds. The average Bonchev–Trinajstić information content (AvgIpc) is 3.19. The molecular formula is C18H24N4O2. The molecular weight excluding hydrogens is 304 g/mol. The van der Waals surface area contributed by atoms with Gasteiger partial charge in [0, 0.05) is 44.4 Å². The summed E-state index contributed by atoms with van der Waals surface area (Å²) in [5.41, 5.74) is 1.11. The molecule has 0 bridgehead atoms. The predicted octanol–water partition coefficient (Wildman–Crippen LogP) is 1.73. The Kier molecular flexibility index (Phi) is 4.60. The number of ether oxygens (including phenoxy) is 2. The van der Waals surface area contributed by atoms with Crippen LogP contribution in [0.4, 0.5) is 0 Å². The van der Waals surface area contributed by atoms with Gasteiger partial charge in [0.1, 0.15) is 5.60 Å². The van der Waals surface area contributed by atoms with Crippen molar-refractivity contribution >= 4 is 0 Å². The van der Waals surface area contributed by atoms with Crippen molar-refractivity contribution in [1.82, 2.24) is 19.7 Å². The first kappa shape index (κ1) is 15.7. The van der Waals surface area contributed by atoms with E-state index in [4.69, 9.17) is 9.47 Å². The minimum absolute atomic E-state index is 0.179. The number of pyridine rings is 1. The van der Waals surface area contributed by atoms with Crippen molar-refractivity contribution in [2.24, 2.45) is 0 Å². The Labute approximate surface area is 142 Å². The Hall–Kier alpha value is -1.76. The van der Waals surface area contributed by atoms with E-state index in [2.05, 4.69) is 27.1 Å². The van der Waals surface area contributed by atoms with Gasteiger partial charge in [-0.3, -0.25) is 14.6 Å². The van der Waals surface area contributed by atoms with Gasteiger partial charge in [-0.15, -0.1) is 0 Å². The Balaban J connectivity index is 1.40. The molecule has 6 nitrogen and oxygen atoms in total. The van der Waals surface area contributed by atoms with E-state index in [1.165, 1.54) is 5.56 Å². The number of hydrogen-bond acceptors (Lipinski definition) is 5. The van der Waals surface area contributed by atoms with E-state index in [9.17, 15) is 0 Å². The quantitative estimate of drug-likeness (QED) is 0.855. The fraction of sp³-hybridized carbons (Fsp3) is 0.556. The summed E-state index contributed by atoms with van der Waals surface area (Å²) in [6.07, 6.45) is 9.84. The molecule has 0 unspecified atom stereocenters. The van der Waals surface area contributed by atoms with Crippen molar-refractivity contribution in [3.05, 3.63) is 48.5 Å². The highest BCUT2D eigenvalue weighted by atomic mass is 16.6. The van der Waals surface area contributed by atoms with Crippen LogP contribution in [0.25, 0.3) is 0 Å². The van der Waals surface area contributed by atoms with Gasteiger partial charge in [-0.1, -0.05) is 0 Å². The standard InChI is InChI=1S/C18H24N4O2/c1-6-20-22(9-1)13-17-2-5-18(24-17)14-21(10-11-23-15-18)12-16-3-7-19-8-4-16/h1,3-4,6-9,17H,2,5,10-15H2/t17-,18+/m1/s1. The second kappa shape index (κ2) is 7.01. The molecule has 0 radical (unpaired) electrons. The third-order valence-corrected chi connectivity index (χ3v) is 4.87. The molecule has 0 aliphatic carbocycles. The molecule has 2 saturated heterocycles. The average molecular weight is 328 g/mol. The smallest absolute Gasteiger partial charge is 0.105 e. The van der Waals surface area contributed by atoms with Crippen LogP contribution in [-0.2, 0) is 22.6 Å². The van der Waals surface area contributed by atoms with Gasteiger partial charge in [0.25, 0.3) is 0 Å². The molecule has 2 aliphatic heterocycles. The lowest BCUT2D eigenvalue weighted by atomic mass is 10.00. The molecule has 4 heterocycles. The fourth-order valence-electron chi connectivity index (χ4n) is 3.73. The summed E-state index contributed by atoms with van der Waals surface area (Å²) in [4.78, 5) is 6.54. The van der Waals surface area contributed by atoms with Crippen LogP contribution in [-0.4, -0.2) is 57.7 Å². The summed E-state index contributed by atoms with van der Waals surface area (Å²) in [5.74, 6) is 0. The zero-order valence-electron chi connectivity index (χ0n) is 13.9. The monoisotopic (exact) mass is 328 g/mol. The van der Waals surface area contributed by atoms with Crippen LogP contribution >= 0.6 is 0 Å². The summed E-state index contributed by atoms with van der Waals surface area (Å²) in [5, 5.41) is 4.29.